The summed E-state index contributed by atoms with van der Waals surface area (Å²) in [6, 6.07) is 12.2. The van der Waals surface area contributed by atoms with Crippen LogP contribution in [0.2, 0.25) is 0 Å². The standard InChI is InChI=1S/C15H15NO3/c1-18-11-8-12(15(19-2)13(16)9-11)14(17)10-6-4-3-5-7-10/h3-9H,16H2,1-2H3. The van der Waals surface area contributed by atoms with Gasteiger partial charge in [-0.25, -0.2) is 0 Å². The van der Waals surface area contributed by atoms with Gasteiger partial charge in [-0.15, -0.1) is 0 Å². The fourth-order valence-electron chi connectivity index (χ4n) is 1.88. The van der Waals surface area contributed by atoms with Crippen molar-refractivity contribution in [3.05, 3.63) is 53.6 Å². The monoisotopic (exact) mass is 257 g/mol. The molecule has 0 heterocycles. The van der Waals surface area contributed by atoms with Crippen molar-refractivity contribution in [1.29, 1.82) is 0 Å². The average molecular weight is 257 g/mol. The third kappa shape index (κ3) is 2.52. The Balaban J connectivity index is 2.55. The first-order valence-electron chi connectivity index (χ1n) is 5.78. The van der Waals surface area contributed by atoms with Crippen molar-refractivity contribution in [3.63, 3.8) is 0 Å². The summed E-state index contributed by atoms with van der Waals surface area (Å²) in [5.41, 5.74) is 7.21. The highest BCUT2D eigenvalue weighted by Gasteiger charge is 2.18. The van der Waals surface area contributed by atoms with Gasteiger partial charge in [0.05, 0.1) is 25.5 Å². The van der Waals surface area contributed by atoms with Gasteiger partial charge in [-0.05, 0) is 6.07 Å². The lowest BCUT2D eigenvalue weighted by Gasteiger charge is -2.12. The summed E-state index contributed by atoms with van der Waals surface area (Å²) < 4.78 is 10.4. The zero-order valence-corrected chi connectivity index (χ0v) is 10.8. The summed E-state index contributed by atoms with van der Waals surface area (Å²) >= 11 is 0. The van der Waals surface area contributed by atoms with Crippen molar-refractivity contribution in [2.24, 2.45) is 0 Å². The Kier molecular flexibility index (Phi) is 3.71. The van der Waals surface area contributed by atoms with Gasteiger partial charge in [-0.2, -0.15) is 0 Å². The van der Waals surface area contributed by atoms with Crippen LogP contribution >= 0.6 is 0 Å². The van der Waals surface area contributed by atoms with E-state index in [1.54, 1.807) is 24.3 Å². The van der Waals surface area contributed by atoms with Crippen LogP contribution in [0.25, 0.3) is 0 Å². The summed E-state index contributed by atoms with van der Waals surface area (Å²) in [6.45, 7) is 0. The van der Waals surface area contributed by atoms with Crippen molar-refractivity contribution in [2.75, 3.05) is 20.0 Å². The van der Waals surface area contributed by atoms with Crippen LogP contribution in [0.4, 0.5) is 5.69 Å². The number of ether oxygens (including phenoxy) is 2. The minimum Gasteiger partial charge on any atom is -0.497 e. The Labute approximate surface area is 111 Å². The summed E-state index contributed by atoms with van der Waals surface area (Å²) in [5, 5.41) is 0. The van der Waals surface area contributed by atoms with E-state index in [0.717, 1.165) is 0 Å². The van der Waals surface area contributed by atoms with Crippen LogP contribution in [0, 0.1) is 0 Å². The van der Waals surface area contributed by atoms with Gasteiger partial charge >= 0.3 is 0 Å². The smallest absolute Gasteiger partial charge is 0.196 e. The molecule has 0 aliphatic rings. The van der Waals surface area contributed by atoms with Crippen LogP contribution in [0.3, 0.4) is 0 Å². The average Bonchev–Trinajstić information content (AvgIpc) is 2.46. The maximum absolute atomic E-state index is 12.5. The third-order valence-corrected chi connectivity index (χ3v) is 2.81. The molecule has 0 amide bonds. The fraction of sp³-hybridized carbons (Fsp3) is 0.133. The predicted octanol–water partition coefficient (Wildman–Crippen LogP) is 2.52. The van der Waals surface area contributed by atoms with Gasteiger partial charge in [0.15, 0.2) is 11.5 Å². The summed E-state index contributed by atoms with van der Waals surface area (Å²) in [7, 11) is 3.01. The number of anilines is 1. The molecule has 2 N–H and O–H groups in total. The molecule has 2 aromatic rings. The molecule has 0 bridgehead atoms. The molecule has 19 heavy (non-hydrogen) atoms. The van der Waals surface area contributed by atoms with Gasteiger partial charge in [-0.1, -0.05) is 30.3 Å². The first kappa shape index (κ1) is 13.0. The number of hydrogen-bond donors (Lipinski definition) is 1. The molecule has 0 fully saturated rings. The Bertz CT molecular complexity index is 594. The first-order valence-corrected chi connectivity index (χ1v) is 5.78. The SMILES string of the molecule is COc1cc(N)c(OC)c(C(=O)c2ccccc2)c1. The van der Waals surface area contributed by atoms with E-state index in [1.165, 1.54) is 14.2 Å². The largest absolute Gasteiger partial charge is 0.497 e. The molecule has 2 aromatic carbocycles. The molecule has 0 saturated heterocycles. The maximum atomic E-state index is 12.5. The normalized spacial score (nSPS) is 10.0. The number of nitrogen functional groups attached to an aromatic ring is 1. The van der Waals surface area contributed by atoms with Crippen LogP contribution in [-0.2, 0) is 0 Å². The maximum Gasteiger partial charge on any atom is 0.196 e. The quantitative estimate of drug-likeness (QED) is 0.675. The fourth-order valence-corrected chi connectivity index (χ4v) is 1.88. The number of hydrogen-bond acceptors (Lipinski definition) is 4. The van der Waals surface area contributed by atoms with Crippen molar-refractivity contribution >= 4 is 11.5 Å². The number of rotatable bonds is 4. The van der Waals surface area contributed by atoms with E-state index < -0.39 is 0 Å². The van der Waals surface area contributed by atoms with E-state index in [9.17, 15) is 4.79 Å². The van der Waals surface area contributed by atoms with Gasteiger partial charge in [-0.3, -0.25) is 4.79 Å². The third-order valence-electron chi connectivity index (χ3n) is 2.81. The molecule has 0 atom stereocenters. The molecular weight excluding hydrogens is 242 g/mol. The molecule has 0 spiro atoms. The number of benzene rings is 2. The number of nitrogens with two attached hydrogens (primary N) is 1. The van der Waals surface area contributed by atoms with Gasteiger partial charge in [0, 0.05) is 11.6 Å². The van der Waals surface area contributed by atoms with Gasteiger partial charge in [0.2, 0.25) is 0 Å². The predicted molar refractivity (Wildman–Crippen MR) is 73.8 cm³/mol. The summed E-state index contributed by atoms with van der Waals surface area (Å²) in [6.07, 6.45) is 0. The van der Waals surface area contributed by atoms with E-state index in [-0.39, 0.29) is 5.78 Å². The van der Waals surface area contributed by atoms with E-state index in [1.807, 2.05) is 18.2 Å². The van der Waals surface area contributed by atoms with E-state index in [4.69, 9.17) is 15.2 Å². The van der Waals surface area contributed by atoms with Crippen LogP contribution < -0.4 is 15.2 Å². The Morgan fingerprint density at radius 3 is 2.32 bits per heavy atom. The molecule has 4 nitrogen and oxygen atoms in total. The topological polar surface area (TPSA) is 61.6 Å². The second-order valence-corrected chi connectivity index (χ2v) is 3.99. The summed E-state index contributed by atoms with van der Waals surface area (Å²) in [5.74, 6) is 0.746. The lowest BCUT2D eigenvalue weighted by molar-refractivity contribution is 0.103. The Morgan fingerprint density at radius 2 is 1.74 bits per heavy atom. The molecule has 0 unspecified atom stereocenters. The van der Waals surface area contributed by atoms with Crippen LogP contribution in [0.1, 0.15) is 15.9 Å². The number of carbonyl (C=O) groups excluding carboxylic acids is 1. The second-order valence-electron chi connectivity index (χ2n) is 3.99. The van der Waals surface area contributed by atoms with Gasteiger partial charge < -0.3 is 15.2 Å². The van der Waals surface area contributed by atoms with E-state index in [0.29, 0.717) is 28.3 Å². The lowest BCUT2D eigenvalue weighted by atomic mass is 10.0. The minimum atomic E-state index is -0.150. The lowest BCUT2D eigenvalue weighted by Crippen LogP contribution is -2.06. The van der Waals surface area contributed by atoms with Crippen LogP contribution in [0.15, 0.2) is 42.5 Å². The van der Waals surface area contributed by atoms with Crippen molar-refractivity contribution in [1.82, 2.24) is 0 Å². The highest BCUT2D eigenvalue weighted by atomic mass is 16.5. The first-order chi connectivity index (χ1) is 9.17. The molecule has 0 aliphatic heterocycles. The van der Waals surface area contributed by atoms with E-state index in [2.05, 4.69) is 0 Å². The molecule has 0 radical (unpaired) electrons. The molecule has 0 saturated carbocycles. The van der Waals surface area contributed by atoms with Crippen molar-refractivity contribution < 1.29 is 14.3 Å². The molecule has 4 heteroatoms. The summed E-state index contributed by atoms with van der Waals surface area (Å²) in [4.78, 5) is 12.5. The van der Waals surface area contributed by atoms with Gasteiger partial charge in [0.1, 0.15) is 5.75 Å². The molecule has 98 valence electrons. The van der Waals surface area contributed by atoms with Gasteiger partial charge in [0.25, 0.3) is 0 Å². The zero-order chi connectivity index (χ0) is 13.8. The molecule has 0 aromatic heterocycles. The van der Waals surface area contributed by atoms with Crippen LogP contribution in [0.5, 0.6) is 11.5 Å². The second kappa shape index (κ2) is 5.44. The van der Waals surface area contributed by atoms with Crippen LogP contribution in [-0.4, -0.2) is 20.0 Å². The molecule has 2 rings (SSSR count). The molecular formula is C15H15NO3. The highest BCUT2D eigenvalue weighted by molar-refractivity contribution is 6.11. The van der Waals surface area contributed by atoms with Crippen molar-refractivity contribution in [2.45, 2.75) is 0 Å². The van der Waals surface area contributed by atoms with Crippen molar-refractivity contribution in [3.8, 4) is 11.5 Å². The molecule has 0 aliphatic carbocycles. The van der Waals surface area contributed by atoms with E-state index >= 15 is 0 Å². The number of ketones is 1. The Hall–Kier alpha value is -2.49. The zero-order valence-electron chi connectivity index (χ0n) is 10.8. The Morgan fingerprint density at radius 1 is 1.05 bits per heavy atom. The highest BCUT2D eigenvalue weighted by Crippen LogP contribution is 2.32. The number of methoxy groups -OCH3 is 2. The minimum absolute atomic E-state index is 0.150. The number of carbonyl (C=O) groups is 1.